The summed E-state index contributed by atoms with van der Waals surface area (Å²) in [7, 11) is 1.89. The van der Waals surface area contributed by atoms with Gasteiger partial charge in [-0.3, -0.25) is 4.79 Å². The van der Waals surface area contributed by atoms with Gasteiger partial charge in [-0.05, 0) is 105 Å². The van der Waals surface area contributed by atoms with Crippen molar-refractivity contribution in [1.82, 2.24) is 24.8 Å². The number of benzene rings is 2. The molecule has 2 unspecified atom stereocenters. The second-order valence-corrected chi connectivity index (χ2v) is 12.2. The van der Waals surface area contributed by atoms with Crippen molar-refractivity contribution >= 4 is 56.8 Å². The van der Waals surface area contributed by atoms with E-state index < -0.39 is 5.97 Å². The van der Waals surface area contributed by atoms with E-state index in [0.29, 0.717) is 28.4 Å². The topological polar surface area (TPSA) is 95.3 Å². The van der Waals surface area contributed by atoms with Gasteiger partial charge in [-0.2, -0.15) is 0 Å². The number of nitrogens with zero attached hydrogens (tertiary/aromatic N) is 4. The van der Waals surface area contributed by atoms with Gasteiger partial charge in [0.1, 0.15) is 17.8 Å². The van der Waals surface area contributed by atoms with Crippen LogP contribution in [0.4, 0.5) is 5.82 Å². The lowest BCUT2D eigenvalue weighted by molar-refractivity contribution is -0.137. The van der Waals surface area contributed by atoms with E-state index in [1.165, 1.54) is 12.0 Å². The van der Waals surface area contributed by atoms with Crippen molar-refractivity contribution in [1.29, 1.82) is 0 Å². The van der Waals surface area contributed by atoms with Gasteiger partial charge in [0.15, 0.2) is 0 Å². The number of anilines is 1. The van der Waals surface area contributed by atoms with Crippen LogP contribution in [0.15, 0.2) is 48.9 Å². The zero-order valence-electron chi connectivity index (χ0n) is 24.2. The Morgan fingerprint density at radius 3 is 2.67 bits per heavy atom. The third kappa shape index (κ3) is 7.72. The summed E-state index contributed by atoms with van der Waals surface area (Å²) in [5, 5.41) is 20.3. The van der Waals surface area contributed by atoms with Crippen molar-refractivity contribution in [2.75, 3.05) is 45.1 Å². The maximum atomic E-state index is 11.1. The van der Waals surface area contributed by atoms with Crippen molar-refractivity contribution in [2.45, 2.75) is 51.0 Å². The lowest BCUT2D eigenvalue weighted by Crippen LogP contribution is -2.33. The molecule has 8 nitrogen and oxygen atoms in total. The molecule has 0 bridgehead atoms. The monoisotopic (exact) mass is 610 g/mol. The molecule has 0 aliphatic heterocycles. The number of halogens is 2. The highest BCUT2D eigenvalue weighted by Gasteiger charge is 2.28. The molecule has 42 heavy (non-hydrogen) atoms. The molecule has 2 heterocycles. The average molecular weight is 612 g/mol. The number of fused-ring (bicyclic) bond motifs is 2. The Kier molecular flexibility index (Phi) is 10.6. The van der Waals surface area contributed by atoms with Crippen LogP contribution in [-0.2, 0) is 11.2 Å². The lowest BCUT2D eigenvalue weighted by Gasteiger charge is -2.26. The van der Waals surface area contributed by atoms with E-state index in [1.54, 1.807) is 6.33 Å². The van der Waals surface area contributed by atoms with E-state index >= 15 is 0 Å². The summed E-state index contributed by atoms with van der Waals surface area (Å²) in [6.07, 6.45) is 10.1. The molecule has 2 aromatic carbocycles. The zero-order valence-corrected chi connectivity index (χ0v) is 25.7. The van der Waals surface area contributed by atoms with E-state index in [2.05, 4.69) is 60.5 Å². The minimum atomic E-state index is -0.723. The largest absolute Gasteiger partial charge is 0.481 e. The Morgan fingerprint density at radius 1 is 1.05 bits per heavy atom. The van der Waals surface area contributed by atoms with Crippen LogP contribution in [0.5, 0.6) is 0 Å². The average Bonchev–Trinajstić information content (AvgIpc) is 3.62. The van der Waals surface area contributed by atoms with Crippen LogP contribution in [0.2, 0.25) is 10.0 Å². The van der Waals surface area contributed by atoms with Gasteiger partial charge in [-0.1, -0.05) is 41.4 Å². The number of nitrogens with one attached hydrogen (secondary N) is 2. The van der Waals surface area contributed by atoms with E-state index in [0.717, 1.165) is 86.0 Å². The fraction of sp³-hybridized carbons (Fsp3) is 0.469. The van der Waals surface area contributed by atoms with Gasteiger partial charge in [-0.15, -0.1) is 0 Å². The molecule has 0 saturated heterocycles. The summed E-state index contributed by atoms with van der Waals surface area (Å²) in [6, 6.07) is 12.8. The second-order valence-electron chi connectivity index (χ2n) is 11.4. The zero-order chi connectivity index (χ0) is 29.5. The summed E-state index contributed by atoms with van der Waals surface area (Å²) >= 11 is 12.4. The molecule has 1 fully saturated rings. The van der Waals surface area contributed by atoms with E-state index in [-0.39, 0.29) is 6.42 Å². The molecule has 1 aliphatic carbocycles. The molecule has 1 aliphatic rings. The molecule has 0 radical (unpaired) electrons. The second kappa shape index (κ2) is 14.5. The van der Waals surface area contributed by atoms with Gasteiger partial charge in [0, 0.05) is 32.3 Å². The number of carboxylic acids is 1. The first-order valence-electron chi connectivity index (χ1n) is 14.9. The van der Waals surface area contributed by atoms with Crippen LogP contribution in [0.1, 0.15) is 50.1 Å². The fourth-order valence-electron chi connectivity index (χ4n) is 6.28. The summed E-state index contributed by atoms with van der Waals surface area (Å²) < 4.78 is 2.32. The summed E-state index contributed by atoms with van der Waals surface area (Å²) in [5.41, 5.74) is 2.25. The Labute approximate surface area is 257 Å². The quantitative estimate of drug-likeness (QED) is 0.129. The first-order chi connectivity index (χ1) is 20.4. The molecule has 10 heteroatoms. The first kappa shape index (κ1) is 30.5. The molecular formula is C32H40Cl2N6O2. The van der Waals surface area contributed by atoms with E-state index in [4.69, 9.17) is 28.3 Å². The number of aromatic nitrogens is 3. The van der Waals surface area contributed by atoms with Crippen molar-refractivity contribution in [3.05, 3.63) is 64.5 Å². The molecule has 4 aromatic rings. The molecule has 0 spiro atoms. The number of rotatable bonds is 15. The number of hydrogen-bond acceptors (Lipinski definition) is 6. The Bertz CT molecular complexity index is 1510. The SMILES string of the molecule is CNc1ncnc2c1ccn2C1CCC(CN(CCCNCCc2ccc3cc(Cl)c(Cl)cc3c2)CCCC(=O)O)C1. The third-order valence-corrected chi connectivity index (χ3v) is 9.12. The van der Waals surface area contributed by atoms with E-state index in [1.807, 2.05) is 19.2 Å². The predicted molar refractivity (Wildman–Crippen MR) is 172 cm³/mol. The molecule has 1 saturated carbocycles. The number of hydrogen-bond donors (Lipinski definition) is 3. The molecule has 5 rings (SSSR count). The third-order valence-electron chi connectivity index (χ3n) is 8.40. The van der Waals surface area contributed by atoms with Gasteiger partial charge >= 0.3 is 5.97 Å². The lowest BCUT2D eigenvalue weighted by atomic mass is 10.1. The molecule has 224 valence electrons. The van der Waals surface area contributed by atoms with Crippen LogP contribution >= 0.6 is 23.2 Å². The molecule has 2 atom stereocenters. The molecule has 2 aromatic heterocycles. The minimum absolute atomic E-state index is 0.216. The van der Waals surface area contributed by atoms with Gasteiger partial charge < -0.3 is 25.2 Å². The number of carbonyl (C=O) groups is 1. The van der Waals surface area contributed by atoms with Gasteiger partial charge in [-0.25, -0.2) is 9.97 Å². The number of carboxylic acid groups (broad SMARTS) is 1. The summed E-state index contributed by atoms with van der Waals surface area (Å²) in [6.45, 7) is 4.63. The number of aliphatic carboxylic acids is 1. The summed E-state index contributed by atoms with van der Waals surface area (Å²) in [5.74, 6) is 0.727. The normalized spacial score (nSPS) is 17.0. The fourth-order valence-corrected chi connectivity index (χ4v) is 6.62. The Morgan fingerprint density at radius 2 is 1.86 bits per heavy atom. The van der Waals surface area contributed by atoms with Crippen molar-refractivity contribution in [3.63, 3.8) is 0 Å². The highest BCUT2D eigenvalue weighted by Crippen LogP contribution is 2.37. The Hall–Kier alpha value is -2.91. The molecule has 0 amide bonds. The van der Waals surface area contributed by atoms with Crippen molar-refractivity contribution < 1.29 is 9.90 Å². The van der Waals surface area contributed by atoms with Crippen molar-refractivity contribution in [2.24, 2.45) is 5.92 Å². The van der Waals surface area contributed by atoms with E-state index in [9.17, 15) is 4.79 Å². The highest BCUT2D eigenvalue weighted by molar-refractivity contribution is 6.42. The smallest absolute Gasteiger partial charge is 0.303 e. The minimum Gasteiger partial charge on any atom is -0.481 e. The Balaban J connectivity index is 1.09. The first-order valence-corrected chi connectivity index (χ1v) is 15.7. The van der Waals surface area contributed by atoms with Gasteiger partial charge in [0.2, 0.25) is 0 Å². The van der Waals surface area contributed by atoms with Gasteiger partial charge in [0.05, 0.1) is 15.4 Å². The van der Waals surface area contributed by atoms with Gasteiger partial charge in [0.25, 0.3) is 0 Å². The standard InChI is InChI=1S/C32H40Cl2N6O2/c1-35-31-27-10-15-40(32(27)38-21-37-31)26-8-6-23(17-26)20-39(13-2-4-30(41)42)14-3-11-36-12-9-22-5-7-24-18-28(33)29(34)19-25(24)16-22/h5,7,10,15-16,18-19,21,23,26,36H,2-4,6,8-9,11-14,17,20H2,1H3,(H,41,42)(H,35,37,38). The van der Waals surface area contributed by atoms with Crippen molar-refractivity contribution in [3.8, 4) is 0 Å². The van der Waals surface area contributed by atoms with Crippen LogP contribution in [0.3, 0.4) is 0 Å². The van der Waals surface area contributed by atoms with Crippen LogP contribution < -0.4 is 10.6 Å². The highest BCUT2D eigenvalue weighted by atomic mass is 35.5. The molecular weight excluding hydrogens is 571 g/mol. The predicted octanol–water partition coefficient (Wildman–Crippen LogP) is 6.66. The van der Waals surface area contributed by atoms with Crippen LogP contribution in [-0.4, -0.2) is 70.3 Å². The summed E-state index contributed by atoms with van der Waals surface area (Å²) in [4.78, 5) is 22.5. The molecule has 3 N–H and O–H groups in total. The maximum absolute atomic E-state index is 11.1. The van der Waals surface area contributed by atoms with Crippen LogP contribution in [0, 0.1) is 5.92 Å². The maximum Gasteiger partial charge on any atom is 0.303 e. The van der Waals surface area contributed by atoms with Crippen LogP contribution in [0.25, 0.3) is 21.8 Å².